The molecule has 4 aliphatic rings. The van der Waals surface area contributed by atoms with Gasteiger partial charge in [-0.1, -0.05) is 12.1 Å². The van der Waals surface area contributed by atoms with Crippen molar-refractivity contribution in [3.63, 3.8) is 0 Å². The van der Waals surface area contributed by atoms with Crippen molar-refractivity contribution in [1.82, 2.24) is 0 Å². The molecular weight excluding hydrogens is 490 g/mol. The van der Waals surface area contributed by atoms with Crippen molar-refractivity contribution < 1.29 is 18.3 Å². The molecule has 1 heterocycles. The topological polar surface area (TPSA) is 18.5 Å². The Morgan fingerprint density at radius 3 is 1.85 bits per heavy atom. The summed E-state index contributed by atoms with van der Waals surface area (Å²) in [4.78, 5) is 0. The maximum atomic E-state index is 14.8. The van der Waals surface area contributed by atoms with Gasteiger partial charge in [0.2, 0.25) is 5.82 Å². The highest BCUT2D eigenvalue weighted by Crippen LogP contribution is 2.48. The SMILES string of the molecule is C=CCCC1CCC(C2CCC(C3CCC(C4CCC(c5ccc(OCC)c(F)c5F)CC4)CC3)CC2)OC1. The number of ether oxygens (including phenoxy) is 2. The van der Waals surface area contributed by atoms with Gasteiger partial charge >= 0.3 is 0 Å². The third-order valence-electron chi connectivity index (χ3n) is 11.3. The molecule has 2 nitrogen and oxygen atoms in total. The van der Waals surface area contributed by atoms with E-state index in [1.807, 2.05) is 6.08 Å². The smallest absolute Gasteiger partial charge is 0.200 e. The summed E-state index contributed by atoms with van der Waals surface area (Å²) in [6.07, 6.45) is 23.0. The number of hydrogen-bond acceptors (Lipinski definition) is 2. The monoisotopic (exact) mass is 542 g/mol. The molecule has 39 heavy (non-hydrogen) atoms. The first kappa shape index (κ1) is 29.1. The van der Waals surface area contributed by atoms with Crippen LogP contribution in [0.5, 0.6) is 5.75 Å². The Kier molecular flexibility index (Phi) is 10.4. The molecule has 5 rings (SSSR count). The van der Waals surface area contributed by atoms with Crippen LogP contribution in [0.4, 0.5) is 8.78 Å². The van der Waals surface area contributed by atoms with Crippen LogP contribution in [0.15, 0.2) is 24.8 Å². The number of allylic oxidation sites excluding steroid dienone is 1. The molecule has 1 aromatic rings. The van der Waals surface area contributed by atoms with Crippen LogP contribution in [0.3, 0.4) is 0 Å². The summed E-state index contributed by atoms with van der Waals surface area (Å²) in [5.41, 5.74) is 0.555. The van der Waals surface area contributed by atoms with Gasteiger partial charge in [-0.2, -0.15) is 4.39 Å². The quantitative estimate of drug-likeness (QED) is 0.289. The van der Waals surface area contributed by atoms with Gasteiger partial charge in [0.1, 0.15) is 0 Å². The maximum Gasteiger partial charge on any atom is 0.200 e. The minimum Gasteiger partial charge on any atom is -0.491 e. The van der Waals surface area contributed by atoms with E-state index in [0.717, 1.165) is 74.2 Å². The average molecular weight is 543 g/mol. The Hall–Kier alpha value is -1.42. The van der Waals surface area contributed by atoms with E-state index in [-0.39, 0.29) is 11.7 Å². The number of benzene rings is 1. The fraction of sp³-hybridized carbons (Fsp3) is 0.771. The molecule has 1 aromatic carbocycles. The van der Waals surface area contributed by atoms with Crippen LogP contribution in [0.25, 0.3) is 0 Å². The summed E-state index contributed by atoms with van der Waals surface area (Å²) in [6.45, 7) is 6.97. The van der Waals surface area contributed by atoms with Crippen molar-refractivity contribution >= 4 is 0 Å². The summed E-state index contributed by atoms with van der Waals surface area (Å²) in [7, 11) is 0. The van der Waals surface area contributed by atoms with Gasteiger partial charge in [-0.3, -0.25) is 0 Å². The van der Waals surface area contributed by atoms with Crippen LogP contribution in [0.1, 0.15) is 121 Å². The van der Waals surface area contributed by atoms with Gasteiger partial charge in [-0.25, -0.2) is 4.39 Å². The largest absolute Gasteiger partial charge is 0.491 e. The first-order valence-corrected chi connectivity index (χ1v) is 16.4. The molecule has 2 atom stereocenters. The molecule has 3 saturated carbocycles. The number of hydrogen-bond donors (Lipinski definition) is 0. The Bertz CT molecular complexity index is 899. The van der Waals surface area contributed by atoms with Crippen LogP contribution in [0.2, 0.25) is 0 Å². The summed E-state index contributed by atoms with van der Waals surface area (Å²) in [5, 5.41) is 0. The minimum absolute atomic E-state index is 0.0352. The Labute approximate surface area is 236 Å². The molecule has 4 heteroatoms. The summed E-state index contributed by atoms with van der Waals surface area (Å²) < 4.78 is 40.8. The van der Waals surface area contributed by atoms with Crippen molar-refractivity contribution in [3.8, 4) is 5.75 Å². The normalized spacial score (nSPS) is 35.9. The Morgan fingerprint density at radius 2 is 1.33 bits per heavy atom. The molecule has 0 bridgehead atoms. The van der Waals surface area contributed by atoms with Gasteiger partial charge in [0.05, 0.1) is 12.7 Å². The zero-order valence-corrected chi connectivity index (χ0v) is 24.4. The Morgan fingerprint density at radius 1 is 0.769 bits per heavy atom. The first-order chi connectivity index (χ1) is 19.1. The third-order valence-corrected chi connectivity index (χ3v) is 11.3. The lowest BCUT2D eigenvalue weighted by atomic mass is 9.64. The van der Waals surface area contributed by atoms with E-state index in [2.05, 4.69) is 6.58 Å². The highest BCUT2D eigenvalue weighted by atomic mass is 19.2. The van der Waals surface area contributed by atoms with E-state index in [0.29, 0.717) is 18.3 Å². The predicted molar refractivity (Wildman–Crippen MR) is 155 cm³/mol. The average Bonchev–Trinajstić information content (AvgIpc) is 2.99. The van der Waals surface area contributed by atoms with Gasteiger partial charge in [0.25, 0.3) is 0 Å². The maximum absolute atomic E-state index is 14.8. The zero-order chi connectivity index (χ0) is 27.2. The number of rotatable bonds is 9. The molecule has 2 unspecified atom stereocenters. The van der Waals surface area contributed by atoms with Crippen molar-refractivity contribution in [2.24, 2.45) is 35.5 Å². The summed E-state index contributed by atoms with van der Waals surface area (Å²) in [6, 6.07) is 3.37. The van der Waals surface area contributed by atoms with Crippen molar-refractivity contribution in [2.75, 3.05) is 13.2 Å². The van der Waals surface area contributed by atoms with E-state index in [1.165, 1.54) is 70.6 Å². The van der Waals surface area contributed by atoms with Crippen LogP contribution >= 0.6 is 0 Å². The minimum atomic E-state index is -0.817. The molecule has 218 valence electrons. The van der Waals surface area contributed by atoms with Gasteiger partial charge < -0.3 is 9.47 Å². The van der Waals surface area contributed by atoms with Crippen LogP contribution in [-0.2, 0) is 4.74 Å². The molecule has 0 amide bonds. The lowest BCUT2D eigenvalue weighted by molar-refractivity contribution is -0.0617. The molecular formula is C35H52F2O2. The second-order valence-electron chi connectivity index (χ2n) is 13.4. The van der Waals surface area contributed by atoms with Gasteiger partial charge in [0, 0.05) is 6.61 Å². The fourth-order valence-electron chi connectivity index (χ4n) is 8.89. The molecule has 4 fully saturated rings. The first-order valence-electron chi connectivity index (χ1n) is 16.4. The molecule has 0 spiro atoms. The van der Waals surface area contributed by atoms with Crippen molar-refractivity contribution in [3.05, 3.63) is 42.0 Å². The predicted octanol–water partition coefficient (Wildman–Crippen LogP) is 10.0. The van der Waals surface area contributed by atoms with Gasteiger partial charge in [0.15, 0.2) is 11.6 Å². The summed E-state index contributed by atoms with van der Waals surface area (Å²) >= 11 is 0. The second-order valence-corrected chi connectivity index (χ2v) is 13.4. The van der Waals surface area contributed by atoms with Crippen LogP contribution in [0, 0.1) is 47.1 Å². The van der Waals surface area contributed by atoms with Crippen molar-refractivity contribution in [2.45, 2.75) is 122 Å². The second kappa shape index (κ2) is 14.0. The molecule has 0 N–H and O–H groups in total. The highest BCUT2D eigenvalue weighted by Gasteiger charge is 2.37. The van der Waals surface area contributed by atoms with E-state index in [1.54, 1.807) is 19.1 Å². The van der Waals surface area contributed by atoms with Crippen molar-refractivity contribution in [1.29, 1.82) is 0 Å². The Balaban J connectivity index is 1.02. The molecule has 0 radical (unpaired) electrons. The molecule has 1 aliphatic heterocycles. The molecule has 1 saturated heterocycles. The van der Waals surface area contributed by atoms with Crippen LogP contribution in [-0.4, -0.2) is 19.3 Å². The van der Waals surface area contributed by atoms with E-state index >= 15 is 0 Å². The van der Waals surface area contributed by atoms with Gasteiger partial charge in [-0.05, 0) is 163 Å². The van der Waals surface area contributed by atoms with Gasteiger partial charge in [-0.15, -0.1) is 6.58 Å². The molecule has 0 aromatic heterocycles. The third kappa shape index (κ3) is 7.08. The van der Waals surface area contributed by atoms with E-state index < -0.39 is 11.6 Å². The van der Waals surface area contributed by atoms with Crippen LogP contribution < -0.4 is 4.74 Å². The standard InChI is InChI=1S/C35H52F2O2/c1-3-5-6-24-7-21-32(39-23-24)30-18-14-28(15-19-30)26-10-8-25(9-11-26)27-12-16-29(17-13-27)31-20-22-33(38-4-2)35(37)34(31)36/h3,20,22,24-30,32H,1,4-19,21,23H2,2H3. The molecule has 3 aliphatic carbocycles. The number of halogens is 2. The lowest BCUT2D eigenvalue weighted by Gasteiger charge is -2.43. The van der Waals surface area contributed by atoms with E-state index in [9.17, 15) is 8.78 Å². The lowest BCUT2D eigenvalue weighted by Crippen LogP contribution is -2.35. The van der Waals surface area contributed by atoms with E-state index in [4.69, 9.17) is 9.47 Å². The summed E-state index contributed by atoms with van der Waals surface area (Å²) in [5.74, 6) is 3.67. The highest BCUT2D eigenvalue weighted by molar-refractivity contribution is 5.33. The fourth-order valence-corrected chi connectivity index (χ4v) is 8.89. The zero-order valence-electron chi connectivity index (χ0n) is 24.4.